The number of nitrogens with zero attached hydrogens (tertiary/aromatic N) is 4. The Bertz CT molecular complexity index is 1830. The maximum absolute atomic E-state index is 15.2. The van der Waals surface area contributed by atoms with Gasteiger partial charge >= 0.3 is 0 Å². The van der Waals surface area contributed by atoms with Gasteiger partial charge in [0.2, 0.25) is 10.0 Å². The van der Waals surface area contributed by atoms with Crippen molar-refractivity contribution in [1.29, 1.82) is 0 Å². The van der Waals surface area contributed by atoms with E-state index in [1.165, 1.54) is 10.4 Å². The molecule has 0 aliphatic heterocycles. The van der Waals surface area contributed by atoms with E-state index in [2.05, 4.69) is 20.3 Å². The van der Waals surface area contributed by atoms with Gasteiger partial charge in [-0.1, -0.05) is 30.3 Å². The smallest absolute Gasteiger partial charge is 0.245 e. The summed E-state index contributed by atoms with van der Waals surface area (Å²) in [7, 11) is -3.92. The summed E-state index contributed by atoms with van der Waals surface area (Å²) in [5.41, 5.74) is 3.27. The molecule has 9 heteroatoms. The second-order valence-corrected chi connectivity index (χ2v) is 12.2. The van der Waals surface area contributed by atoms with Gasteiger partial charge in [-0.25, -0.2) is 22.8 Å². The lowest BCUT2D eigenvalue weighted by molar-refractivity contribution is 0.392. The minimum Gasteiger partial charge on any atom is -0.367 e. The fraction of sp³-hybridized carbons (Fsp3) is 0.233. The molecule has 5 aromatic rings. The molecule has 3 aromatic carbocycles. The van der Waals surface area contributed by atoms with Crippen LogP contribution in [-0.2, 0) is 16.6 Å². The zero-order valence-corrected chi connectivity index (χ0v) is 21.9. The third-order valence-corrected chi connectivity index (χ3v) is 9.33. The zero-order chi connectivity index (χ0) is 26.6. The molecule has 0 atom stereocenters. The zero-order valence-electron chi connectivity index (χ0n) is 21.1. The van der Waals surface area contributed by atoms with Crippen LogP contribution in [0, 0.1) is 5.82 Å². The van der Waals surface area contributed by atoms with Crippen molar-refractivity contribution in [2.24, 2.45) is 0 Å². The van der Waals surface area contributed by atoms with Gasteiger partial charge in [0.25, 0.3) is 0 Å². The number of sulfonamides is 1. The van der Waals surface area contributed by atoms with Crippen LogP contribution in [0.1, 0.15) is 31.2 Å². The molecule has 0 spiro atoms. The number of pyridine rings is 1. The minimum absolute atomic E-state index is 0.0545. The van der Waals surface area contributed by atoms with Crippen LogP contribution < -0.4 is 5.32 Å². The lowest BCUT2D eigenvalue weighted by Gasteiger charge is -2.23. The molecular formula is C30H26FN5O2S. The van der Waals surface area contributed by atoms with Gasteiger partial charge in [0.1, 0.15) is 22.9 Å². The summed E-state index contributed by atoms with van der Waals surface area (Å²) in [6, 6.07) is 19.8. The number of para-hydroxylation sites is 1. The molecule has 7 nitrogen and oxygen atoms in total. The predicted octanol–water partition coefficient (Wildman–Crippen LogP) is 5.91. The van der Waals surface area contributed by atoms with Gasteiger partial charge in [-0.3, -0.25) is 4.98 Å². The molecule has 0 radical (unpaired) electrons. The Morgan fingerprint density at radius 2 is 1.69 bits per heavy atom. The molecule has 0 amide bonds. The van der Waals surface area contributed by atoms with Gasteiger partial charge in [-0.05, 0) is 73.2 Å². The Kier molecular flexibility index (Phi) is 5.79. The van der Waals surface area contributed by atoms with E-state index in [9.17, 15) is 8.42 Å². The summed E-state index contributed by atoms with van der Waals surface area (Å²) in [6.45, 7) is -0.0545. The Labute approximate surface area is 225 Å². The summed E-state index contributed by atoms with van der Waals surface area (Å²) in [5, 5.41) is 5.11. The average Bonchev–Trinajstić information content (AvgIpc) is 3.88. The van der Waals surface area contributed by atoms with Crippen molar-refractivity contribution in [2.45, 2.75) is 49.2 Å². The second kappa shape index (κ2) is 9.36. The first-order valence-corrected chi connectivity index (χ1v) is 14.6. The molecule has 0 unspecified atom stereocenters. The molecular weight excluding hydrogens is 513 g/mol. The van der Waals surface area contributed by atoms with Crippen molar-refractivity contribution in [1.82, 2.24) is 19.3 Å². The summed E-state index contributed by atoms with van der Waals surface area (Å²) < 4.78 is 44.4. The van der Waals surface area contributed by atoms with E-state index >= 15 is 4.39 Å². The fourth-order valence-electron chi connectivity index (χ4n) is 5.00. The monoisotopic (exact) mass is 539 g/mol. The average molecular weight is 540 g/mol. The van der Waals surface area contributed by atoms with E-state index in [-0.39, 0.29) is 17.5 Å². The highest BCUT2D eigenvalue weighted by atomic mass is 32.2. The molecule has 2 aromatic heterocycles. The molecule has 2 aliphatic carbocycles. The molecule has 196 valence electrons. The van der Waals surface area contributed by atoms with Crippen LogP contribution in [0.5, 0.6) is 0 Å². The van der Waals surface area contributed by atoms with E-state index < -0.39 is 15.8 Å². The lowest BCUT2D eigenvalue weighted by Crippen LogP contribution is -2.33. The Balaban J connectivity index is 1.25. The molecule has 2 heterocycles. The van der Waals surface area contributed by atoms with E-state index in [1.54, 1.807) is 42.9 Å². The molecule has 1 N–H and O–H groups in total. The third kappa shape index (κ3) is 4.62. The molecule has 2 fully saturated rings. The molecule has 2 aliphatic rings. The van der Waals surface area contributed by atoms with Crippen molar-refractivity contribution in [3.8, 4) is 11.1 Å². The molecule has 7 rings (SSSR count). The minimum atomic E-state index is -3.92. The molecule has 0 saturated heterocycles. The Hall–Kier alpha value is -3.95. The second-order valence-electron chi connectivity index (χ2n) is 10.3. The summed E-state index contributed by atoms with van der Waals surface area (Å²) in [4.78, 5) is 13.3. The van der Waals surface area contributed by atoms with Crippen LogP contribution in [0.15, 0.2) is 84.1 Å². The fourth-order valence-corrected chi connectivity index (χ4v) is 6.83. The van der Waals surface area contributed by atoms with E-state index in [0.717, 1.165) is 58.9 Å². The van der Waals surface area contributed by atoms with Gasteiger partial charge in [-0.2, -0.15) is 4.31 Å². The highest BCUT2D eigenvalue weighted by Gasteiger charge is 2.39. The Morgan fingerprint density at radius 1 is 0.897 bits per heavy atom. The van der Waals surface area contributed by atoms with Crippen molar-refractivity contribution in [2.75, 3.05) is 5.32 Å². The van der Waals surface area contributed by atoms with Crippen LogP contribution in [0.2, 0.25) is 0 Å². The first-order valence-electron chi connectivity index (χ1n) is 13.1. The van der Waals surface area contributed by atoms with Gasteiger partial charge < -0.3 is 5.32 Å². The van der Waals surface area contributed by atoms with Crippen molar-refractivity contribution < 1.29 is 12.8 Å². The number of rotatable bonds is 8. The lowest BCUT2D eigenvalue weighted by atomic mass is 10.0. The normalized spacial score (nSPS) is 15.7. The maximum Gasteiger partial charge on any atom is 0.245 e. The SMILES string of the molecule is O=S(=O)(c1cccc2cccnc12)N(Cc1cc(-c2ccc3ncnc(NC4CC4)c3c2)ccc1F)C1CC1. The summed E-state index contributed by atoms with van der Waals surface area (Å²) >= 11 is 0. The number of benzene rings is 3. The number of nitrogens with one attached hydrogen (secondary N) is 1. The van der Waals surface area contributed by atoms with E-state index in [0.29, 0.717) is 17.1 Å². The highest BCUT2D eigenvalue weighted by molar-refractivity contribution is 7.89. The standard InChI is InChI=1S/C30H26FN5O2S/c31-26-12-6-20(21-7-13-27-25(16-21)30(34-18-33-27)35-23-8-9-23)15-22(26)17-36(24-10-11-24)39(37,38)28-5-1-3-19-4-2-14-32-29(19)28/h1-7,12-16,18,23-24H,8-11,17H2,(H,33,34,35). The molecule has 39 heavy (non-hydrogen) atoms. The van der Waals surface area contributed by atoms with Crippen LogP contribution in [0.3, 0.4) is 0 Å². The van der Waals surface area contributed by atoms with Gasteiger partial charge in [0.15, 0.2) is 0 Å². The number of fused-ring (bicyclic) bond motifs is 2. The van der Waals surface area contributed by atoms with Crippen LogP contribution >= 0.6 is 0 Å². The van der Waals surface area contributed by atoms with Crippen LogP contribution in [-0.4, -0.2) is 39.8 Å². The Morgan fingerprint density at radius 3 is 2.51 bits per heavy atom. The quantitative estimate of drug-likeness (QED) is 0.264. The number of aromatic nitrogens is 3. The predicted molar refractivity (Wildman–Crippen MR) is 149 cm³/mol. The van der Waals surface area contributed by atoms with Crippen molar-refractivity contribution in [3.63, 3.8) is 0 Å². The first-order chi connectivity index (χ1) is 19.0. The van der Waals surface area contributed by atoms with Crippen molar-refractivity contribution >= 4 is 37.6 Å². The summed E-state index contributed by atoms with van der Waals surface area (Å²) in [6.07, 6.45) is 6.90. The first kappa shape index (κ1) is 24.1. The molecule has 2 saturated carbocycles. The largest absolute Gasteiger partial charge is 0.367 e. The van der Waals surface area contributed by atoms with Crippen molar-refractivity contribution in [3.05, 3.63) is 90.6 Å². The highest BCUT2D eigenvalue weighted by Crippen LogP contribution is 2.37. The number of anilines is 1. The van der Waals surface area contributed by atoms with Crippen LogP contribution in [0.4, 0.5) is 10.2 Å². The molecule has 0 bridgehead atoms. The van der Waals surface area contributed by atoms with Crippen LogP contribution in [0.25, 0.3) is 32.9 Å². The van der Waals surface area contributed by atoms with Gasteiger partial charge in [-0.15, -0.1) is 0 Å². The van der Waals surface area contributed by atoms with Gasteiger partial charge in [0, 0.05) is 41.2 Å². The van der Waals surface area contributed by atoms with E-state index in [4.69, 9.17) is 0 Å². The maximum atomic E-state index is 15.2. The van der Waals surface area contributed by atoms with E-state index in [1.807, 2.05) is 30.3 Å². The topological polar surface area (TPSA) is 88.1 Å². The van der Waals surface area contributed by atoms with Gasteiger partial charge in [0.05, 0.1) is 11.0 Å². The number of hydrogen-bond acceptors (Lipinski definition) is 6. The number of halogens is 1. The summed E-state index contributed by atoms with van der Waals surface area (Å²) in [5.74, 6) is 0.359. The third-order valence-electron chi connectivity index (χ3n) is 7.40. The number of hydrogen-bond donors (Lipinski definition) is 1.